The minimum absolute atomic E-state index is 0.171. The molecule has 2 amide bonds. The van der Waals surface area contributed by atoms with E-state index < -0.39 is 29.1 Å². The lowest BCUT2D eigenvalue weighted by molar-refractivity contribution is -0.114. The summed E-state index contributed by atoms with van der Waals surface area (Å²) in [6.45, 7) is 2.58. The number of alkyl halides is 3. The highest BCUT2D eigenvalue weighted by atomic mass is 19.4. The second kappa shape index (κ2) is 8.66. The number of primary amides is 2. The van der Waals surface area contributed by atoms with Crippen molar-refractivity contribution in [2.75, 3.05) is 0 Å². The molecule has 0 spiro atoms. The normalized spacial score (nSPS) is 12.2. The molecule has 0 unspecified atom stereocenters. The van der Waals surface area contributed by atoms with Crippen molar-refractivity contribution in [3.8, 4) is 0 Å². The number of carbonyl (C=O) groups is 2. The molecule has 22 heavy (non-hydrogen) atoms. The number of amides is 2. The van der Waals surface area contributed by atoms with Crippen molar-refractivity contribution in [1.82, 2.24) is 0 Å². The minimum atomic E-state index is -4.56. The lowest BCUT2D eigenvalue weighted by atomic mass is 10.00. The molecule has 0 radical (unpaired) electrons. The molecule has 0 fully saturated rings. The highest BCUT2D eigenvalue weighted by Gasteiger charge is 2.34. The van der Waals surface area contributed by atoms with Crippen LogP contribution in [0, 0.1) is 0 Å². The molecule has 7 heteroatoms. The Morgan fingerprint density at radius 3 is 1.86 bits per heavy atom. The molecule has 0 saturated carbocycles. The van der Waals surface area contributed by atoms with Gasteiger partial charge in [0.25, 0.3) is 0 Å². The van der Waals surface area contributed by atoms with Gasteiger partial charge in [-0.3, -0.25) is 9.59 Å². The maximum absolute atomic E-state index is 12.5. The van der Waals surface area contributed by atoms with E-state index in [4.69, 9.17) is 5.73 Å². The molecule has 1 rings (SSSR count). The van der Waals surface area contributed by atoms with E-state index in [0.717, 1.165) is 6.92 Å². The van der Waals surface area contributed by atoms with Gasteiger partial charge in [0.05, 0.1) is 5.57 Å². The molecule has 0 aromatic heterocycles. The van der Waals surface area contributed by atoms with Crippen molar-refractivity contribution < 1.29 is 22.8 Å². The van der Waals surface area contributed by atoms with Gasteiger partial charge in [0.2, 0.25) is 11.8 Å². The lowest BCUT2D eigenvalue weighted by Gasteiger charge is -2.12. The average molecular weight is 314 g/mol. The van der Waals surface area contributed by atoms with E-state index in [1.807, 2.05) is 0 Å². The van der Waals surface area contributed by atoms with Gasteiger partial charge in [0.1, 0.15) is 0 Å². The molecular weight excluding hydrogens is 297 g/mol. The highest BCUT2D eigenvalue weighted by Crippen LogP contribution is 2.31. The largest absolute Gasteiger partial charge is 0.413 e. The number of allylic oxidation sites excluding steroid dienone is 2. The fourth-order valence-corrected chi connectivity index (χ4v) is 1.45. The Balaban J connectivity index is 0.000000626. The fraction of sp³-hybridized carbons (Fsp3) is 0.200. The molecule has 4 N–H and O–H groups in total. The Hall–Kier alpha value is -2.57. The van der Waals surface area contributed by atoms with Crippen molar-refractivity contribution in [1.29, 1.82) is 0 Å². The van der Waals surface area contributed by atoms with E-state index in [1.165, 1.54) is 18.2 Å². The third-order valence-corrected chi connectivity index (χ3v) is 2.44. The van der Waals surface area contributed by atoms with Gasteiger partial charge in [-0.15, -0.1) is 0 Å². The first-order valence-electron chi connectivity index (χ1n) is 6.16. The Kier molecular flexibility index (Phi) is 7.65. The molecular formula is C15H17F3N2O2. The molecule has 0 atom stereocenters. The first-order chi connectivity index (χ1) is 10.1. The van der Waals surface area contributed by atoms with E-state index in [9.17, 15) is 22.8 Å². The van der Waals surface area contributed by atoms with Crippen LogP contribution in [0.15, 0.2) is 48.1 Å². The Bertz CT molecular complexity index is 576. The summed E-state index contributed by atoms with van der Waals surface area (Å²) in [7, 11) is 0. The van der Waals surface area contributed by atoms with Crippen LogP contribution in [-0.2, 0) is 9.59 Å². The van der Waals surface area contributed by atoms with E-state index >= 15 is 0 Å². The number of halogens is 3. The SMILES string of the molecule is CC(=C(C(N)=O)c1ccccc1)C(F)(F)F.CC=CC(N)=O. The highest BCUT2D eigenvalue weighted by molar-refractivity contribution is 6.19. The van der Waals surface area contributed by atoms with Crippen LogP contribution < -0.4 is 11.5 Å². The van der Waals surface area contributed by atoms with Gasteiger partial charge < -0.3 is 11.5 Å². The predicted molar refractivity (Wildman–Crippen MR) is 78.3 cm³/mol. The molecule has 0 heterocycles. The van der Waals surface area contributed by atoms with Gasteiger partial charge in [0, 0.05) is 5.57 Å². The summed E-state index contributed by atoms with van der Waals surface area (Å²) in [5, 5.41) is 0. The number of carbonyl (C=O) groups excluding carboxylic acids is 2. The van der Waals surface area contributed by atoms with Crippen LogP contribution in [0.2, 0.25) is 0 Å². The van der Waals surface area contributed by atoms with Crippen molar-refractivity contribution in [2.24, 2.45) is 11.5 Å². The van der Waals surface area contributed by atoms with Crippen LogP contribution in [0.25, 0.3) is 5.57 Å². The van der Waals surface area contributed by atoms with Crippen LogP contribution in [0.3, 0.4) is 0 Å². The van der Waals surface area contributed by atoms with Gasteiger partial charge in [-0.25, -0.2) is 0 Å². The molecule has 1 aromatic rings. The number of rotatable bonds is 3. The summed E-state index contributed by atoms with van der Waals surface area (Å²) < 4.78 is 37.4. The van der Waals surface area contributed by atoms with E-state index in [0.29, 0.717) is 0 Å². The minimum Gasteiger partial charge on any atom is -0.366 e. The molecule has 0 aliphatic carbocycles. The third-order valence-electron chi connectivity index (χ3n) is 2.44. The molecule has 0 aliphatic heterocycles. The van der Waals surface area contributed by atoms with Gasteiger partial charge in [-0.2, -0.15) is 13.2 Å². The zero-order chi connectivity index (χ0) is 17.3. The fourth-order valence-electron chi connectivity index (χ4n) is 1.45. The summed E-state index contributed by atoms with van der Waals surface area (Å²) in [6.07, 6.45) is -1.65. The van der Waals surface area contributed by atoms with Crippen LogP contribution in [0.4, 0.5) is 13.2 Å². The Morgan fingerprint density at radius 1 is 1.09 bits per heavy atom. The zero-order valence-corrected chi connectivity index (χ0v) is 12.1. The van der Waals surface area contributed by atoms with Crippen molar-refractivity contribution >= 4 is 17.4 Å². The zero-order valence-electron chi connectivity index (χ0n) is 12.1. The molecule has 4 nitrogen and oxygen atoms in total. The molecule has 1 aromatic carbocycles. The number of benzene rings is 1. The average Bonchev–Trinajstić information content (AvgIpc) is 2.39. The number of hydrogen-bond donors (Lipinski definition) is 2. The predicted octanol–water partition coefficient (Wildman–Crippen LogP) is 2.56. The number of hydrogen-bond acceptors (Lipinski definition) is 2. The van der Waals surface area contributed by atoms with Gasteiger partial charge in [-0.1, -0.05) is 36.4 Å². The summed E-state index contributed by atoms with van der Waals surface area (Å²) in [4.78, 5) is 20.8. The Labute approximate surface area is 126 Å². The topological polar surface area (TPSA) is 86.2 Å². The smallest absolute Gasteiger partial charge is 0.366 e. The van der Waals surface area contributed by atoms with Crippen LogP contribution >= 0.6 is 0 Å². The van der Waals surface area contributed by atoms with Gasteiger partial charge in [-0.05, 0) is 25.5 Å². The third kappa shape index (κ3) is 6.74. The van der Waals surface area contributed by atoms with Crippen molar-refractivity contribution in [3.05, 3.63) is 53.6 Å². The van der Waals surface area contributed by atoms with Crippen LogP contribution in [0.1, 0.15) is 19.4 Å². The molecule has 0 saturated heterocycles. The summed E-state index contributed by atoms with van der Waals surface area (Å²) in [6, 6.07) is 7.56. The summed E-state index contributed by atoms with van der Waals surface area (Å²) >= 11 is 0. The van der Waals surface area contributed by atoms with E-state index in [2.05, 4.69) is 5.73 Å². The Morgan fingerprint density at radius 2 is 1.59 bits per heavy atom. The van der Waals surface area contributed by atoms with E-state index in [1.54, 1.807) is 31.2 Å². The second-order valence-electron chi connectivity index (χ2n) is 4.13. The van der Waals surface area contributed by atoms with E-state index in [-0.39, 0.29) is 5.56 Å². The van der Waals surface area contributed by atoms with Crippen LogP contribution in [-0.4, -0.2) is 18.0 Å². The van der Waals surface area contributed by atoms with Gasteiger partial charge >= 0.3 is 6.18 Å². The monoisotopic (exact) mass is 314 g/mol. The molecule has 0 bridgehead atoms. The standard InChI is InChI=1S/C11H10F3NO.C4H7NO/c1-7(11(12,13)14)9(10(15)16)8-5-3-2-4-6-8;1-2-3-4(5)6/h2-6H,1H3,(H2,15,16);2-3H,1H3,(H2,5,6). The van der Waals surface area contributed by atoms with Gasteiger partial charge in [0.15, 0.2) is 0 Å². The quantitative estimate of drug-likeness (QED) is 0.840. The molecule has 0 aliphatic rings. The van der Waals surface area contributed by atoms with Crippen molar-refractivity contribution in [2.45, 2.75) is 20.0 Å². The summed E-state index contributed by atoms with van der Waals surface area (Å²) in [5.41, 5.74) is 8.35. The summed E-state index contributed by atoms with van der Waals surface area (Å²) in [5.74, 6) is -1.47. The molecule has 120 valence electrons. The lowest BCUT2D eigenvalue weighted by Crippen LogP contribution is -2.20. The van der Waals surface area contributed by atoms with Crippen LogP contribution in [0.5, 0.6) is 0 Å². The first kappa shape index (κ1) is 19.4. The van der Waals surface area contributed by atoms with Crippen molar-refractivity contribution in [3.63, 3.8) is 0 Å². The first-order valence-corrected chi connectivity index (χ1v) is 6.16. The maximum Gasteiger partial charge on any atom is 0.413 e. The number of nitrogens with two attached hydrogens (primary N) is 2. The maximum atomic E-state index is 12.5. The second-order valence-corrected chi connectivity index (χ2v) is 4.13.